The van der Waals surface area contributed by atoms with Crippen molar-refractivity contribution in [3.63, 3.8) is 0 Å². The van der Waals surface area contributed by atoms with Gasteiger partial charge in [0.2, 0.25) is 15.9 Å². The lowest BCUT2D eigenvalue weighted by molar-refractivity contribution is -0.119. The molecule has 0 spiro atoms. The lowest BCUT2D eigenvalue weighted by atomic mass is 10.1. The Morgan fingerprint density at radius 3 is 2.26 bits per heavy atom. The second kappa shape index (κ2) is 9.41. The van der Waals surface area contributed by atoms with Crippen molar-refractivity contribution in [3.05, 3.63) is 59.7 Å². The Hall–Kier alpha value is -2.54. The van der Waals surface area contributed by atoms with Crippen molar-refractivity contribution < 1.29 is 17.9 Å². The van der Waals surface area contributed by atoms with Gasteiger partial charge in [-0.2, -0.15) is 0 Å². The van der Waals surface area contributed by atoms with Gasteiger partial charge < -0.3 is 10.1 Å². The van der Waals surface area contributed by atoms with Crippen molar-refractivity contribution >= 4 is 21.6 Å². The van der Waals surface area contributed by atoms with Crippen molar-refractivity contribution in [1.29, 1.82) is 0 Å². The van der Waals surface area contributed by atoms with E-state index in [-0.39, 0.29) is 12.5 Å². The molecule has 2 aromatic carbocycles. The maximum atomic E-state index is 12.3. The van der Waals surface area contributed by atoms with Crippen molar-refractivity contribution in [1.82, 2.24) is 5.32 Å². The van der Waals surface area contributed by atoms with Gasteiger partial charge >= 0.3 is 0 Å². The van der Waals surface area contributed by atoms with Crippen LogP contribution in [-0.4, -0.2) is 33.7 Å². The van der Waals surface area contributed by atoms with Crippen LogP contribution in [0, 0.1) is 6.92 Å². The largest absolute Gasteiger partial charge is 0.494 e. The number of nitrogens with one attached hydrogen (secondary N) is 1. The zero-order chi connectivity index (χ0) is 19.9. The zero-order valence-electron chi connectivity index (χ0n) is 15.9. The molecular formula is C20H26N2O4S. The lowest BCUT2D eigenvalue weighted by Crippen LogP contribution is -2.40. The minimum atomic E-state index is -3.60. The Morgan fingerprint density at radius 1 is 1.07 bits per heavy atom. The fourth-order valence-electron chi connectivity index (χ4n) is 2.42. The van der Waals surface area contributed by atoms with E-state index in [0.29, 0.717) is 24.6 Å². The van der Waals surface area contributed by atoms with Gasteiger partial charge in [-0.15, -0.1) is 0 Å². The maximum absolute atomic E-state index is 12.3. The molecule has 7 heteroatoms. The number of rotatable bonds is 9. The Kier molecular flexibility index (Phi) is 7.24. The first-order valence-electron chi connectivity index (χ1n) is 8.82. The molecule has 0 aliphatic heterocycles. The lowest BCUT2D eigenvalue weighted by Gasteiger charge is -2.22. The minimum Gasteiger partial charge on any atom is -0.494 e. The molecule has 1 N–H and O–H groups in total. The van der Waals surface area contributed by atoms with Crippen LogP contribution in [0.2, 0.25) is 0 Å². The monoisotopic (exact) mass is 390 g/mol. The summed E-state index contributed by atoms with van der Waals surface area (Å²) in [5.74, 6) is 0.296. The number of amides is 1. The molecule has 0 aromatic heterocycles. The summed E-state index contributed by atoms with van der Waals surface area (Å²) in [4.78, 5) is 12.3. The van der Waals surface area contributed by atoms with Crippen molar-refractivity contribution in [2.24, 2.45) is 0 Å². The van der Waals surface area contributed by atoms with Gasteiger partial charge in [0.1, 0.15) is 12.3 Å². The third-order valence-electron chi connectivity index (χ3n) is 3.90. The molecule has 6 nitrogen and oxygen atoms in total. The number of hydrogen-bond donors (Lipinski definition) is 1. The van der Waals surface area contributed by atoms with E-state index in [1.54, 1.807) is 24.3 Å². The highest BCUT2D eigenvalue weighted by Crippen LogP contribution is 2.21. The van der Waals surface area contributed by atoms with Crippen molar-refractivity contribution in [2.75, 3.05) is 23.7 Å². The molecule has 146 valence electrons. The number of benzene rings is 2. The summed E-state index contributed by atoms with van der Waals surface area (Å²) in [5.41, 5.74) is 2.52. The Balaban J connectivity index is 2.03. The van der Waals surface area contributed by atoms with Crippen LogP contribution in [0.15, 0.2) is 48.5 Å². The van der Waals surface area contributed by atoms with Crippen LogP contribution < -0.4 is 14.4 Å². The van der Waals surface area contributed by atoms with E-state index in [4.69, 9.17) is 4.74 Å². The number of nitrogens with zero attached hydrogens (tertiary/aromatic N) is 1. The minimum absolute atomic E-state index is 0.278. The van der Waals surface area contributed by atoms with Crippen LogP contribution in [-0.2, 0) is 21.4 Å². The molecule has 2 rings (SSSR count). The number of aryl methyl sites for hydroxylation is 1. The van der Waals surface area contributed by atoms with Crippen molar-refractivity contribution in [3.8, 4) is 5.75 Å². The number of carbonyl (C=O) groups excluding carboxylic acids is 1. The molecule has 0 aliphatic carbocycles. The van der Waals surface area contributed by atoms with E-state index in [0.717, 1.165) is 28.1 Å². The average molecular weight is 391 g/mol. The van der Waals surface area contributed by atoms with Gasteiger partial charge in [0, 0.05) is 6.54 Å². The van der Waals surface area contributed by atoms with Gasteiger partial charge in [0.05, 0.1) is 18.6 Å². The summed E-state index contributed by atoms with van der Waals surface area (Å²) in [7, 11) is -3.60. The molecule has 27 heavy (non-hydrogen) atoms. The molecule has 0 aliphatic rings. The highest BCUT2D eigenvalue weighted by molar-refractivity contribution is 7.92. The van der Waals surface area contributed by atoms with Gasteiger partial charge in [-0.3, -0.25) is 9.10 Å². The SMILES string of the molecule is CCCOc1ccc(N(CC(=O)NCc2ccc(C)cc2)S(C)(=O)=O)cc1. The zero-order valence-corrected chi connectivity index (χ0v) is 16.8. The molecular weight excluding hydrogens is 364 g/mol. The molecule has 1 amide bonds. The van der Waals surface area contributed by atoms with Crippen LogP contribution in [0.3, 0.4) is 0 Å². The number of carbonyl (C=O) groups is 1. The number of anilines is 1. The standard InChI is InChI=1S/C20H26N2O4S/c1-4-13-26-19-11-9-18(10-12-19)22(27(3,24)25)15-20(23)21-14-17-7-5-16(2)6-8-17/h5-12H,4,13-15H2,1-3H3,(H,21,23). The molecule has 0 atom stereocenters. The molecule has 0 radical (unpaired) electrons. The Labute approximate surface area is 161 Å². The third kappa shape index (κ3) is 6.60. The highest BCUT2D eigenvalue weighted by atomic mass is 32.2. The second-order valence-electron chi connectivity index (χ2n) is 6.37. The van der Waals surface area contributed by atoms with E-state index in [1.807, 2.05) is 38.1 Å². The molecule has 0 saturated carbocycles. The summed E-state index contributed by atoms with van der Waals surface area (Å²) >= 11 is 0. The maximum Gasteiger partial charge on any atom is 0.241 e. The second-order valence-corrected chi connectivity index (χ2v) is 8.28. The van der Waals surface area contributed by atoms with Gasteiger partial charge in [0.25, 0.3) is 0 Å². The van der Waals surface area contributed by atoms with Gasteiger partial charge in [-0.1, -0.05) is 36.8 Å². The predicted octanol–water partition coefficient (Wildman–Crippen LogP) is 2.87. The predicted molar refractivity (Wildman–Crippen MR) is 107 cm³/mol. The first kappa shape index (κ1) is 20.8. The Morgan fingerprint density at radius 2 is 1.70 bits per heavy atom. The molecule has 2 aromatic rings. The van der Waals surface area contributed by atoms with E-state index in [9.17, 15) is 13.2 Å². The van der Waals surface area contributed by atoms with Gasteiger partial charge in [-0.05, 0) is 43.2 Å². The van der Waals surface area contributed by atoms with Gasteiger partial charge in [0.15, 0.2) is 0 Å². The Bertz CT molecular complexity index is 847. The third-order valence-corrected chi connectivity index (χ3v) is 5.04. The van der Waals surface area contributed by atoms with Crippen LogP contribution >= 0.6 is 0 Å². The summed E-state index contributed by atoms with van der Waals surface area (Å²) < 4.78 is 30.9. The van der Waals surface area contributed by atoms with E-state index >= 15 is 0 Å². The molecule has 0 saturated heterocycles. The van der Waals surface area contributed by atoms with Gasteiger partial charge in [-0.25, -0.2) is 8.42 Å². The van der Waals surface area contributed by atoms with Crippen LogP contribution in [0.1, 0.15) is 24.5 Å². The van der Waals surface area contributed by atoms with E-state index < -0.39 is 10.0 Å². The summed E-state index contributed by atoms with van der Waals surface area (Å²) in [5, 5.41) is 2.76. The van der Waals surface area contributed by atoms with Crippen LogP contribution in [0.25, 0.3) is 0 Å². The normalized spacial score (nSPS) is 11.1. The molecule has 0 fully saturated rings. The fraction of sp³-hybridized carbons (Fsp3) is 0.350. The first-order chi connectivity index (χ1) is 12.8. The molecule has 0 bridgehead atoms. The van der Waals surface area contributed by atoms with E-state index in [1.165, 1.54) is 0 Å². The number of ether oxygens (including phenoxy) is 1. The summed E-state index contributed by atoms with van der Waals surface area (Å²) in [6, 6.07) is 14.5. The first-order valence-corrected chi connectivity index (χ1v) is 10.7. The number of hydrogen-bond acceptors (Lipinski definition) is 4. The van der Waals surface area contributed by atoms with Crippen molar-refractivity contribution in [2.45, 2.75) is 26.8 Å². The smallest absolute Gasteiger partial charge is 0.241 e. The summed E-state index contributed by atoms with van der Waals surface area (Å²) in [6.45, 7) is 4.66. The average Bonchev–Trinajstić information content (AvgIpc) is 2.63. The fourth-order valence-corrected chi connectivity index (χ4v) is 3.28. The van der Waals surface area contributed by atoms with Crippen LogP contribution in [0.5, 0.6) is 5.75 Å². The highest BCUT2D eigenvalue weighted by Gasteiger charge is 2.20. The quantitative estimate of drug-likeness (QED) is 0.714. The topological polar surface area (TPSA) is 75.7 Å². The molecule has 0 heterocycles. The molecule has 0 unspecified atom stereocenters. The van der Waals surface area contributed by atoms with E-state index in [2.05, 4.69) is 5.32 Å². The summed E-state index contributed by atoms with van der Waals surface area (Å²) in [6.07, 6.45) is 1.97. The number of sulfonamides is 1. The van der Waals surface area contributed by atoms with Crippen LogP contribution in [0.4, 0.5) is 5.69 Å².